The van der Waals surface area contributed by atoms with Crippen molar-refractivity contribution in [1.82, 2.24) is 5.32 Å². The third kappa shape index (κ3) is 6.07. The summed E-state index contributed by atoms with van der Waals surface area (Å²) >= 11 is 0. The van der Waals surface area contributed by atoms with Crippen molar-refractivity contribution in [2.24, 2.45) is 0 Å². The second-order valence-corrected chi connectivity index (χ2v) is 3.92. The maximum absolute atomic E-state index is 11.5. The van der Waals surface area contributed by atoms with E-state index in [0.717, 1.165) is 0 Å². The van der Waals surface area contributed by atoms with Gasteiger partial charge in [0.25, 0.3) is 0 Å². The molecule has 0 fully saturated rings. The average Bonchev–Trinajstić information content (AvgIpc) is 2.39. The van der Waals surface area contributed by atoms with Crippen LogP contribution in [0.15, 0.2) is 24.3 Å². The summed E-state index contributed by atoms with van der Waals surface area (Å²) in [6, 6.07) is 8.15. The molecule has 0 heterocycles. The van der Waals surface area contributed by atoms with Gasteiger partial charge in [-0.3, -0.25) is 4.79 Å². The van der Waals surface area contributed by atoms with Crippen molar-refractivity contribution in [1.29, 1.82) is 5.26 Å². The van der Waals surface area contributed by atoms with Gasteiger partial charge in [0.2, 0.25) is 0 Å². The predicted molar refractivity (Wildman–Crippen MR) is 69.7 cm³/mol. The van der Waals surface area contributed by atoms with Crippen LogP contribution in [0.2, 0.25) is 0 Å². The number of nitriles is 1. The lowest BCUT2D eigenvalue weighted by atomic mass is 10.2. The highest BCUT2D eigenvalue weighted by atomic mass is 16.4. The minimum Gasteiger partial charge on any atom is -0.481 e. The summed E-state index contributed by atoms with van der Waals surface area (Å²) in [4.78, 5) is 21.7. The Morgan fingerprint density at radius 1 is 1.21 bits per heavy atom. The van der Waals surface area contributed by atoms with Crippen LogP contribution in [-0.4, -0.2) is 23.7 Å². The highest BCUT2D eigenvalue weighted by Crippen LogP contribution is 2.08. The van der Waals surface area contributed by atoms with E-state index in [9.17, 15) is 9.59 Å². The topological polar surface area (TPSA) is 102 Å². The molecule has 2 amide bonds. The number of carbonyl (C=O) groups is 2. The number of nitrogens with zero attached hydrogens (tertiary/aromatic N) is 1. The molecule has 100 valence electrons. The summed E-state index contributed by atoms with van der Waals surface area (Å²) in [5.74, 6) is -0.831. The number of urea groups is 1. The fourth-order valence-corrected chi connectivity index (χ4v) is 1.41. The number of unbranched alkanes of at least 4 members (excludes halogenated alkanes) is 1. The van der Waals surface area contributed by atoms with Crippen molar-refractivity contribution in [2.75, 3.05) is 11.9 Å². The number of hydrogen-bond donors (Lipinski definition) is 3. The first-order valence-electron chi connectivity index (χ1n) is 5.88. The van der Waals surface area contributed by atoms with Crippen LogP contribution >= 0.6 is 0 Å². The van der Waals surface area contributed by atoms with Gasteiger partial charge in [-0.1, -0.05) is 0 Å². The molecule has 1 rings (SSSR count). The minimum atomic E-state index is -0.831. The summed E-state index contributed by atoms with van der Waals surface area (Å²) in [6.45, 7) is 0.426. The lowest BCUT2D eigenvalue weighted by Gasteiger charge is -2.07. The first-order chi connectivity index (χ1) is 9.11. The lowest BCUT2D eigenvalue weighted by molar-refractivity contribution is -0.137. The van der Waals surface area contributed by atoms with Gasteiger partial charge in [0, 0.05) is 18.7 Å². The van der Waals surface area contributed by atoms with Crippen molar-refractivity contribution in [3.63, 3.8) is 0 Å². The van der Waals surface area contributed by atoms with Crippen LogP contribution in [-0.2, 0) is 4.79 Å². The molecule has 0 unspecified atom stereocenters. The van der Waals surface area contributed by atoms with Crippen LogP contribution in [0, 0.1) is 11.3 Å². The van der Waals surface area contributed by atoms with E-state index in [1.807, 2.05) is 6.07 Å². The molecule has 0 saturated carbocycles. The molecule has 0 aromatic heterocycles. The average molecular weight is 261 g/mol. The lowest BCUT2D eigenvalue weighted by Crippen LogP contribution is -2.29. The van der Waals surface area contributed by atoms with Gasteiger partial charge in [-0.05, 0) is 37.1 Å². The Morgan fingerprint density at radius 2 is 1.89 bits per heavy atom. The molecule has 0 bridgehead atoms. The first kappa shape index (κ1) is 14.5. The Bertz CT molecular complexity index is 477. The van der Waals surface area contributed by atoms with E-state index < -0.39 is 5.97 Å². The fourth-order valence-electron chi connectivity index (χ4n) is 1.41. The number of amides is 2. The molecule has 0 atom stereocenters. The van der Waals surface area contributed by atoms with E-state index in [-0.39, 0.29) is 12.5 Å². The smallest absolute Gasteiger partial charge is 0.319 e. The van der Waals surface area contributed by atoms with E-state index in [1.165, 1.54) is 0 Å². The molecule has 6 nitrogen and oxygen atoms in total. The van der Waals surface area contributed by atoms with Gasteiger partial charge >= 0.3 is 12.0 Å². The number of aliphatic carboxylic acids is 1. The Hall–Kier alpha value is -2.55. The van der Waals surface area contributed by atoms with Gasteiger partial charge in [0.1, 0.15) is 0 Å². The van der Waals surface area contributed by atoms with E-state index in [0.29, 0.717) is 30.6 Å². The van der Waals surface area contributed by atoms with Gasteiger partial charge in [-0.25, -0.2) is 4.79 Å². The molecule has 3 N–H and O–H groups in total. The van der Waals surface area contributed by atoms with E-state index in [2.05, 4.69) is 10.6 Å². The quantitative estimate of drug-likeness (QED) is 0.681. The second-order valence-electron chi connectivity index (χ2n) is 3.92. The maximum Gasteiger partial charge on any atom is 0.319 e. The summed E-state index contributed by atoms with van der Waals surface area (Å²) in [6.07, 6.45) is 1.26. The molecule has 0 aliphatic rings. The number of nitrogens with one attached hydrogen (secondary N) is 2. The van der Waals surface area contributed by atoms with E-state index in [4.69, 9.17) is 10.4 Å². The third-order valence-corrected chi connectivity index (χ3v) is 2.37. The Morgan fingerprint density at radius 3 is 2.47 bits per heavy atom. The Kier molecular flexibility index (Phi) is 5.89. The number of carboxylic acids is 1. The molecular formula is C13H15N3O3. The third-order valence-electron chi connectivity index (χ3n) is 2.37. The van der Waals surface area contributed by atoms with E-state index in [1.54, 1.807) is 24.3 Å². The highest BCUT2D eigenvalue weighted by Gasteiger charge is 2.01. The second kappa shape index (κ2) is 7.71. The molecular weight excluding hydrogens is 246 g/mol. The van der Waals surface area contributed by atoms with Gasteiger partial charge in [0.15, 0.2) is 0 Å². The zero-order valence-corrected chi connectivity index (χ0v) is 10.3. The summed E-state index contributed by atoms with van der Waals surface area (Å²) in [5.41, 5.74) is 1.13. The Labute approximate surface area is 111 Å². The van der Waals surface area contributed by atoms with Crippen LogP contribution in [0.4, 0.5) is 10.5 Å². The van der Waals surface area contributed by atoms with Gasteiger partial charge in [-0.15, -0.1) is 0 Å². The van der Waals surface area contributed by atoms with Crippen molar-refractivity contribution in [2.45, 2.75) is 19.3 Å². The maximum atomic E-state index is 11.5. The largest absolute Gasteiger partial charge is 0.481 e. The molecule has 1 aromatic rings. The number of rotatable bonds is 6. The molecule has 6 heteroatoms. The SMILES string of the molecule is N#Cc1ccc(NC(=O)NCCCCC(=O)O)cc1. The monoisotopic (exact) mass is 261 g/mol. The number of carboxylic acid groups (broad SMARTS) is 1. The zero-order chi connectivity index (χ0) is 14.1. The molecule has 0 saturated heterocycles. The first-order valence-corrected chi connectivity index (χ1v) is 5.88. The zero-order valence-electron chi connectivity index (χ0n) is 10.3. The molecule has 0 aliphatic carbocycles. The van der Waals surface area contributed by atoms with Crippen molar-refractivity contribution in [3.05, 3.63) is 29.8 Å². The van der Waals surface area contributed by atoms with Crippen LogP contribution in [0.1, 0.15) is 24.8 Å². The van der Waals surface area contributed by atoms with Crippen LogP contribution in [0.25, 0.3) is 0 Å². The van der Waals surface area contributed by atoms with Crippen LogP contribution in [0.5, 0.6) is 0 Å². The molecule has 0 aliphatic heterocycles. The number of anilines is 1. The highest BCUT2D eigenvalue weighted by molar-refractivity contribution is 5.89. The fraction of sp³-hybridized carbons (Fsp3) is 0.308. The normalized spacial score (nSPS) is 9.42. The standard InChI is InChI=1S/C13H15N3O3/c14-9-10-4-6-11(7-5-10)16-13(19)15-8-2-1-3-12(17)18/h4-7H,1-3,8H2,(H,17,18)(H2,15,16,19). The van der Waals surface area contributed by atoms with Crippen LogP contribution in [0.3, 0.4) is 0 Å². The van der Waals surface area contributed by atoms with Gasteiger partial charge in [-0.2, -0.15) is 5.26 Å². The summed E-state index contributed by atoms with van der Waals surface area (Å²) in [7, 11) is 0. The van der Waals surface area contributed by atoms with Crippen LogP contribution < -0.4 is 10.6 Å². The predicted octanol–water partition coefficient (Wildman–Crippen LogP) is 1.93. The Balaban J connectivity index is 2.23. The van der Waals surface area contributed by atoms with Gasteiger partial charge < -0.3 is 15.7 Å². The molecule has 0 spiro atoms. The minimum absolute atomic E-state index is 0.110. The van der Waals surface area contributed by atoms with Crippen molar-refractivity contribution < 1.29 is 14.7 Å². The van der Waals surface area contributed by atoms with E-state index >= 15 is 0 Å². The molecule has 1 aromatic carbocycles. The molecule has 0 radical (unpaired) electrons. The van der Waals surface area contributed by atoms with Gasteiger partial charge in [0.05, 0.1) is 11.6 Å². The number of benzene rings is 1. The van der Waals surface area contributed by atoms with Crippen molar-refractivity contribution in [3.8, 4) is 6.07 Å². The number of carbonyl (C=O) groups excluding carboxylic acids is 1. The molecule has 19 heavy (non-hydrogen) atoms. The summed E-state index contributed by atoms with van der Waals surface area (Å²) < 4.78 is 0. The summed E-state index contributed by atoms with van der Waals surface area (Å²) in [5, 5.41) is 22.3. The number of hydrogen-bond acceptors (Lipinski definition) is 3. The van der Waals surface area contributed by atoms with Crippen molar-refractivity contribution >= 4 is 17.7 Å².